The van der Waals surface area contributed by atoms with Gasteiger partial charge in [0.1, 0.15) is 5.82 Å². The molecule has 2 fully saturated rings. The average molecular weight is 361 g/mol. The first-order valence-corrected chi connectivity index (χ1v) is 8.91. The van der Waals surface area contributed by atoms with Crippen molar-refractivity contribution in [3.63, 3.8) is 0 Å². The van der Waals surface area contributed by atoms with Crippen molar-refractivity contribution in [3.05, 3.63) is 41.0 Å². The van der Waals surface area contributed by atoms with Gasteiger partial charge in [0.2, 0.25) is 5.95 Å². The Morgan fingerprint density at radius 1 is 1.16 bits per heavy atom. The minimum atomic E-state index is -0.385. The molecular weight excluding hydrogens is 340 g/mol. The van der Waals surface area contributed by atoms with Crippen LogP contribution in [-0.4, -0.2) is 42.1 Å². The highest BCUT2D eigenvalue weighted by Gasteiger charge is 2.40. The molecule has 1 aromatic carbocycles. The molecule has 2 saturated heterocycles. The molecule has 0 atom stereocenters. The monoisotopic (exact) mass is 360 g/mol. The lowest BCUT2D eigenvalue weighted by Gasteiger charge is -2.37. The number of halogens is 1. The summed E-state index contributed by atoms with van der Waals surface area (Å²) in [5.41, 5.74) is 1.95. The highest BCUT2D eigenvalue weighted by Crippen LogP contribution is 2.32. The van der Waals surface area contributed by atoms with Crippen LogP contribution in [0.4, 0.5) is 17.5 Å². The maximum Gasteiger partial charge on any atom is 0.227 e. The summed E-state index contributed by atoms with van der Waals surface area (Å²) < 4.78 is 11.6. The fourth-order valence-corrected chi connectivity index (χ4v) is 3.46. The molecule has 132 valence electrons. The molecule has 4 rings (SSSR count). The van der Waals surface area contributed by atoms with Crippen molar-refractivity contribution >= 4 is 29.1 Å². The van der Waals surface area contributed by atoms with E-state index in [0.29, 0.717) is 13.2 Å². The Kier molecular flexibility index (Phi) is 4.50. The molecule has 0 aliphatic carbocycles. The van der Waals surface area contributed by atoms with Crippen molar-refractivity contribution in [3.8, 4) is 0 Å². The van der Waals surface area contributed by atoms with Gasteiger partial charge in [-0.25, -0.2) is 4.98 Å². The van der Waals surface area contributed by atoms with Gasteiger partial charge in [-0.15, -0.1) is 0 Å². The van der Waals surface area contributed by atoms with Gasteiger partial charge in [0.15, 0.2) is 5.79 Å². The van der Waals surface area contributed by atoms with Crippen molar-refractivity contribution in [1.82, 2.24) is 9.97 Å². The van der Waals surface area contributed by atoms with Crippen LogP contribution < -0.4 is 10.2 Å². The predicted molar refractivity (Wildman–Crippen MR) is 97.6 cm³/mol. The molecule has 7 heteroatoms. The molecule has 0 radical (unpaired) electrons. The highest BCUT2D eigenvalue weighted by molar-refractivity contribution is 6.31. The molecule has 2 aromatic rings. The average Bonchev–Trinajstić information content (AvgIpc) is 3.08. The number of nitrogens with zero attached hydrogens (tertiary/aromatic N) is 3. The van der Waals surface area contributed by atoms with Crippen LogP contribution in [0.15, 0.2) is 30.5 Å². The van der Waals surface area contributed by atoms with Gasteiger partial charge in [-0.05, 0) is 30.7 Å². The number of anilines is 3. The standard InChI is InChI=1S/C18H21ClN4O2/c1-13-14(19)3-2-4-15(13)21-16-5-8-20-17(22-16)23-9-6-18(7-10-23)24-11-12-25-18/h2-5,8H,6-7,9-12H2,1H3,(H,20,21,22). The van der Waals surface area contributed by atoms with Crippen LogP contribution in [0.1, 0.15) is 18.4 Å². The second kappa shape index (κ2) is 6.78. The van der Waals surface area contributed by atoms with Gasteiger partial charge >= 0.3 is 0 Å². The molecule has 1 spiro atoms. The van der Waals surface area contributed by atoms with Gasteiger partial charge < -0.3 is 19.7 Å². The quantitative estimate of drug-likeness (QED) is 0.903. The highest BCUT2D eigenvalue weighted by atomic mass is 35.5. The third kappa shape index (κ3) is 3.42. The van der Waals surface area contributed by atoms with E-state index < -0.39 is 0 Å². The van der Waals surface area contributed by atoms with Crippen molar-refractivity contribution in [1.29, 1.82) is 0 Å². The maximum atomic E-state index is 6.19. The predicted octanol–water partition coefficient (Wildman–Crippen LogP) is 3.53. The normalized spacial score (nSPS) is 19.4. The first-order valence-electron chi connectivity index (χ1n) is 8.53. The summed E-state index contributed by atoms with van der Waals surface area (Å²) in [7, 11) is 0. The molecule has 6 nitrogen and oxygen atoms in total. The number of hydrogen-bond donors (Lipinski definition) is 1. The lowest BCUT2D eigenvalue weighted by molar-refractivity contribution is -0.169. The Bertz CT molecular complexity index is 754. The van der Waals surface area contributed by atoms with E-state index in [1.807, 2.05) is 31.2 Å². The Labute approximate surface area is 152 Å². The molecule has 25 heavy (non-hydrogen) atoms. The second-order valence-electron chi connectivity index (χ2n) is 6.37. The molecule has 1 aromatic heterocycles. The number of nitrogens with one attached hydrogen (secondary N) is 1. The van der Waals surface area contributed by atoms with E-state index >= 15 is 0 Å². The Hall–Kier alpha value is -1.89. The van der Waals surface area contributed by atoms with E-state index in [1.54, 1.807) is 6.20 Å². The Morgan fingerprint density at radius 3 is 2.68 bits per heavy atom. The summed E-state index contributed by atoms with van der Waals surface area (Å²) >= 11 is 6.19. The van der Waals surface area contributed by atoms with Crippen molar-refractivity contribution in [2.45, 2.75) is 25.6 Å². The van der Waals surface area contributed by atoms with Gasteiger partial charge in [0.05, 0.1) is 13.2 Å². The smallest absolute Gasteiger partial charge is 0.227 e. The van der Waals surface area contributed by atoms with Gasteiger partial charge in [-0.2, -0.15) is 4.98 Å². The molecule has 3 heterocycles. The minimum absolute atomic E-state index is 0.385. The molecule has 0 saturated carbocycles. The topological polar surface area (TPSA) is 59.5 Å². The van der Waals surface area contributed by atoms with Crippen LogP contribution in [0.5, 0.6) is 0 Å². The SMILES string of the molecule is Cc1c(Cl)cccc1Nc1ccnc(N2CCC3(CC2)OCCO3)n1. The summed E-state index contributed by atoms with van der Waals surface area (Å²) in [6.07, 6.45) is 3.44. The van der Waals surface area contributed by atoms with Crippen molar-refractivity contribution < 1.29 is 9.47 Å². The van der Waals surface area contributed by atoms with Gasteiger partial charge in [-0.1, -0.05) is 17.7 Å². The molecule has 0 bridgehead atoms. The zero-order valence-corrected chi connectivity index (χ0v) is 14.9. The Morgan fingerprint density at radius 2 is 1.92 bits per heavy atom. The van der Waals surface area contributed by atoms with Gasteiger partial charge in [-0.3, -0.25) is 0 Å². The van der Waals surface area contributed by atoms with Gasteiger partial charge in [0, 0.05) is 42.8 Å². The first-order chi connectivity index (χ1) is 12.2. The van der Waals surface area contributed by atoms with Gasteiger partial charge in [0.25, 0.3) is 0 Å². The van der Waals surface area contributed by atoms with Crippen LogP contribution in [0.25, 0.3) is 0 Å². The van der Waals surface area contributed by atoms with Crippen LogP contribution in [0.3, 0.4) is 0 Å². The number of ether oxygens (including phenoxy) is 2. The van der Waals surface area contributed by atoms with E-state index in [0.717, 1.165) is 54.0 Å². The lowest BCUT2D eigenvalue weighted by atomic mass is 10.0. The van der Waals surface area contributed by atoms with E-state index in [-0.39, 0.29) is 5.79 Å². The van der Waals surface area contributed by atoms with Crippen LogP contribution >= 0.6 is 11.6 Å². The molecular formula is C18H21ClN4O2. The summed E-state index contributed by atoms with van der Waals surface area (Å²) in [5, 5.41) is 4.06. The van der Waals surface area contributed by atoms with E-state index in [1.165, 1.54) is 0 Å². The van der Waals surface area contributed by atoms with Crippen LogP contribution in [-0.2, 0) is 9.47 Å². The molecule has 2 aliphatic rings. The fourth-order valence-electron chi connectivity index (χ4n) is 3.28. The summed E-state index contributed by atoms with van der Waals surface area (Å²) in [6.45, 7) is 5.00. The van der Waals surface area contributed by atoms with E-state index in [9.17, 15) is 0 Å². The number of benzene rings is 1. The first kappa shape index (κ1) is 16.6. The zero-order valence-electron chi connectivity index (χ0n) is 14.2. The number of rotatable bonds is 3. The van der Waals surface area contributed by atoms with E-state index in [4.69, 9.17) is 21.1 Å². The van der Waals surface area contributed by atoms with Crippen LogP contribution in [0.2, 0.25) is 5.02 Å². The van der Waals surface area contributed by atoms with Crippen molar-refractivity contribution in [2.24, 2.45) is 0 Å². The number of piperidine rings is 1. The van der Waals surface area contributed by atoms with E-state index in [2.05, 4.69) is 20.2 Å². The molecule has 0 amide bonds. The number of aromatic nitrogens is 2. The minimum Gasteiger partial charge on any atom is -0.347 e. The zero-order chi connectivity index (χ0) is 17.3. The summed E-state index contributed by atoms with van der Waals surface area (Å²) in [6, 6.07) is 7.65. The summed E-state index contributed by atoms with van der Waals surface area (Å²) in [5.74, 6) is 1.09. The third-order valence-electron chi connectivity index (χ3n) is 4.79. The summed E-state index contributed by atoms with van der Waals surface area (Å²) in [4.78, 5) is 11.3. The second-order valence-corrected chi connectivity index (χ2v) is 6.78. The maximum absolute atomic E-state index is 6.19. The van der Waals surface area contributed by atoms with Crippen LogP contribution in [0, 0.1) is 6.92 Å². The molecule has 0 unspecified atom stereocenters. The lowest BCUT2D eigenvalue weighted by Crippen LogP contribution is -2.45. The largest absolute Gasteiger partial charge is 0.347 e. The number of hydrogen-bond acceptors (Lipinski definition) is 6. The van der Waals surface area contributed by atoms with Crippen molar-refractivity contribution in [2.75, 3.05) is 36.5 Å². The Balaban J connectivity index is 1.47. The fraction of sp³-hybridized carbons (Fsp3) is 0.444. The molecule has 2 aliphatic heterocycles. The molecule has 1 N–H and O–H groups in total. The third-order valence-corrected chi connectivity index (χ3v) is 5.20.